The lowest BCUT2D eigenvalue weighted by atomic mass is 10.1. The predicted octanol–water partition coefficient (Wildman–Crippen LogP) is 2.15. The van der Waals surface area contributed by atoms with Gasteiger partial charge in [-0.1, -0.05) is 15.9 Å². The molecule has 1 aliphatic heterocycles. The van der Waals surface area contributed by atoms with Gasteiger partial charge in [-0.3, -0.25) is 0 Å². The van der Waals surface area contributed by atoms with Crippen LogP contribution in [0.3, 0.4) is 0 Å². The van der Waals surface area contributed by atoms with Crippen LogP contribution in [0.15, 0.2) is 12.4 Å². The van der Waals surface area contributed by atoms with E-state index in [2.05, 4.69) is 30.8 Å². The molecule has 1 aliphatic rings. The van der Waals surface area contributed by atoms with E-state index in [1.54, 1.807) is 0 Å². The van der Waals surface area contributed by atoms with E-state index in [9.17, 15) is 0 Å². The highest BCUT2D eigenvalue weighted by Crippen LogP contribution is 2.20. The van der Waals surface area contributed by atoms with Crippen LogP contribution in [0.25, 0.3) is 0 Å². The first-order chi connectivity index (χ1) is 6.75. The third-order valence-corrected chi connectivity index (χ3v) is 3.39. The van der Waals surface area contributed by atoms with E-state index in [1.807, 2.05) is 19.3 Å². The molecule has 0 amide bonds. The van der Waals surface area contributed by atoms with Gasteiger partial charge in [0.1, 0.15) is 0 Å². The highest BCUT2D eigenvalue weighted by Gasteiger charge is 2.18. The summed E-state index contributed by atoms with van der Waals surface area (Å²) in [7, 11) is 0. The molecule has 1 saturated heterocycles. The maximum absolute atomic E-state index is 4.33. The minimum atomic E-state index is 0.671. The van der Waals surface area contributed by atoms with Crippen LogP contribution in [-0.2, 0) is 0 Å². The number of anilines is 1. The van der Waals surface area contributed by atoms with Crippen molar-refractivity contribution in [1.29, 1.82) is 0 Å². The maximum atomic E-state index is 4.33. The Morgan fingerprint density at radius 1 is 1.29 bits per heavy atom. The van der Waals surface area contributed by atoms with Gasteiger partial charge in [-0.2, -0.15) is 0 Å². The standard InChI is InChI=1S/C10H14BrN3/c1-8-6-12-10(13-7-8)14-4-2-9(11)3-5-14/h6-7,9H,2-5H2,1H3. The normalized spacial score (nSPS) is 18.6. The fraction of sp³-hybridized carbons (Fsp3) is 0.600. The van der Waals surface area contributed by atoms with Gasteiger partial charge in [0.2, 0.25) is 5.95 Å². The Morgan fingerprint density at radius 2 is 1.86 bits per heavy atom. The van der Waals surface area contributed by atoms with Gasteiger partial charge in [-0.15, -0.1) is 0 Å². The molecule has 2 rings (SSSR count). The molecule has 0 bridgehead atoms. The molecule has 1 fully saturated rings. The summed E-state index contributed by atoms with van der Waals surface area (Å²) >= 11 is 3.63. The van der Waals surface area contributed by atoms with E-state index >= 15 is 0 Å². The molecule has 14 heavy (non-hydrogen) atoms. The quantitative estimate of drug-likeness (QED) is 0.721. The number of aromatic nitrogens is 2. The number of hydrogen-bond acceptors (Lipinski definition) is 3. The molecule has 3 nitrogen and oxygen atoms in total. The zero-order valence-corrected chi connectivity index (χ0v) is 9.87. The summed E-state index contributed by atoms with van der Waals surface area (Å²) in [4.78, 5) is 11.6. The number of rotatable bonds is 1. The molecule has 0 spiro atoms. The number of halogens is 1. The second kappa shape index (κ2) is 4.26. The van der Waals surface area contributed by atoms with Crippen molar-refractivity contribution in [2.45, 2.75) is 24.6 Å². The van der Waals surface area contributed by atoms with Crippen LogP contribution in [0.1, 0.15) is 18.4 Å². The Bertz CT molecular complexity index is 291. The second-order valence-electron chi connectivity index (χ2n) is 3.72. The molecule has 0 atom stereocenters. The first kappa shape index (κ1) is 9.90. The third-order valence-electron chi connectivity index (χ3n) is 2.47. The second-order valence-corrected chi connectivity index (χ2v) is 5.02. The molecule has 0 aromatic carbocycles. The van der Waals surface area contributed by atoms with Crippen molar-refractivity contribution in [2.75, 3.05) is 18.0 Å². The van der Waals surface area contributed by atoms with Crippen molar-refractivity contribution < 1.29 is 0 Å². The van der Waals surface area contributed by atoms with Crippen LogP contribution in [0.5, 0.6) is 0 Å². The molecule has 0 radical (unpaired) electrons. The molecule has 0 saturated carbocycles. The Balaban J connectivity index is 2.05. The van der Waals surface area contributed by atoms with Crippen molar-refractivity contribution in [3.8, 4) is 0 Å². The zero-order chi connectivity index (χ0) is 9.97. The molecule has 1 aromatic heterocycles. The Morgan fingerprint density at radius 3 is 2.43 bits per heavy atom. The van der Waals surface area contributed by atoms with E-state index < -0.39 is 0 Å². The minimum absolute atomic E-state index is 0.671. The topological polar surface area (TPSA) is 29.0 Å². The smallest absolute Gasteiger partial charge is 0.225 e. The van der Waals surface area contributed by atoms with Gasteiger partial charge in [0.15, 0.2) is 0 Å². The van der Waals surface area contributed by atoms with Crippen LogP contribution in [-0.4, -0.2) is 27.9 Å². The van der Waals surface area contributed by atoms with Gasteiger partial charge < -0.3 is 4.90 Å². The van der Waals surface area contributed by atoms with Gasteiger partial charge in [0, 0.05) is 30.3 Å². The lowest BCUT2D eigenvalue weighted by Crippen LogP contribution is -2.34. The SMILES string of the molecule is Cc1cnc(N2CCC(Br)CC2)nc1. The molecule has 1 aromatic rings. The summed E-state index contributed by atoms with van der Waals surface area (Å²) in [5.41, 5.74) is 1.11. The van der Waals surface area contributed by atoms with Crippen molar-refractivity contribution in [3.63, 3.8) is 0 Å². The van der Waals surface area contributed by atoms with Crippen LogP contribution < -0.4 is 4.90 Å². The summed E-state index contributed by atoms with van der Waals surface area (Å²) in [6.07, 6.45) is 6.11. The maximum Gasteiger partial charge on any atom is 0.225 e. The van der Waals surface area contributed by atoms with Crippen molar-refractivity contribution in [2.24, 2.45) is 0 Å². The molecule has 4 heteroatoms. The molecular weight excluding hydrogens is 242 g/mol. The fourth-order valence-electron chi connectivity index (χ4n) is 1.60. The number of hydrogen-bond donors (Lipinski definition) is 0. The highest BCUT2D eigenvalue weighted by molar-refractivity contribution is 9.09. The largest absolute Gasteiger partial charge is 0.341 e. The van der Waals surface area contributed by atoms with Gasteiger partial charge in [0.05, 0.1) is 0 Å². The van der Waals surface area contributed by atoms with E-state index in [-0.39, 0.29) is 0 Å². The van der Waals surface area contributed by atoms with Gasteiger partial charge in [0.25, 0.3) is 0 Å². The lowest BCUT2D eigenvalue weighted by molar-refractivity contribution is 0.586. The first-order valence-electron chi connectivity index (χ1n) is 4.93. The average Bonchev–Trinajstić information content (AvgIpc) is 2.21. The monoisotopic (exact) mass is 255 g/mol. The molecule has 0 N–H and O–H groups in total. The van der Waals surface area contributed by atoms with Crippen LogP contribution in [0.2, 0.25) is 0 Å². The van der Waals surface area contributed by atoms with Gasteiger partial charge in [-0.05, 0) is 25.3 Å². The van der Waals surface area contributed by atoms with Crippen LogP contribution in [0, 0.1) is 6.92 Å². The Hall–Kier alpha value is -0.640. The fourth-order valence-corrected chi connectivity index (χ4v) is 2.01. The first-order valence-corrected chi connectivity index (χ1v) is 5.85. The Kier molecular flexibility index (Phi) is 3.01. The molecule has 2 heterocycles. The summed E-state index contributed by atoms with van der Waals surface area (Å²) in [5, 5.41) is 0. The summed E-state index contributed by atoms with van der Waals surface area (Å²) in [5.74, 6) is 0.870. The molecule has 76 valence electrons. The molecule has 0 unspecified atom stereocenters. The zero-order valence-electron chi connectivity index (χ0n) is 8.28. The number of aryl methyl sites for hydroxylation is 1. The molecular formula is C10H14BrN3. The number of alkyl halides is 1. The molecule has 0 aliphatic carbocycles. The van der Waals surface area contributed by atoms with E-state index in [0.717, 1.165) is 24.6 Å². The summed E-state index contributed by atoms with van der Waals surface area (Å²) in [6, 6.07) is 0. The summed E-state index contributed by atoms with van der Waals surface area (Å²) in [6.45, 7) is 4.12. The summed E-state index contributed by atoms with van der Waals surface area (Å²) < 4.78 is 0. The van der Waals surface area contributed by atoms with E-state index in [0.29, 0.717) is 4.83 Å². The Labute approximate surface area is 92.7 Å². The van der Waals surface area contributed by atoms with Gasteiger partial charge in [-0.25, -0.2) is 9.97 Å². The number of piperidine rings is 1. The van der Waals surface area contributed by atoms with Gasteiger partial charge >= 0.3 is 0 Å². The average molecular weight is 256 g/mol. The van der Waals surface area contributed by atoms with Crippen LogP contribution >= 0.6 is 15.9 Å². The minimum Gasteiger partial charge on any atom is -0.341 e. The van der Waals surface area contributed by atoms with Crippen molar-refractivity contribution in [1.82, 2.24) is 9.97 Å². The third kappa shape index (κ3) is 2.23. The predicted molar refractivity (Wildman–Crippen MR) is 60.9 cm³/mol. The van der Waals surface area contributed by atoms with Crippen molar-refractivity contribution >= 4 is 21.9 Å². The van der Waals surface area contributed by atoms with Crippen molar-refractivity contribution in [3.05, 3.63) is 18.0 Å². The highest BCUT2D eigenvalue weighted by atomic mass is 79.9. The van der Waals surface area contributed by atoms with E-state index in [4.69, 9.17) is 0 Å². The van der Waals surface area contributed by atoms with E-state index in [1.165, 1.54) is 12.8 Å². The lowest BCUT2D eigenvalue weighted by Gasteiger charge is -2.29. The number of nitrogens with zero attached hydrogens (tertiary/aromatic N) is 3. The van der Waals surface area contributed by atoms with Crippen LogP contribution in [0.4, 0.5) is 5.95 Å².